The predicted octanol–water partition coefficient (Wildman–Crippen LogP) is 7.70. The average Bonchev–Trinajstić information content (AvgIpc) is 3.15. The van der Waals surface area contributed by atoms with E-state index in [-0.39, 0.29) is 32.9 Å². The maximum atomic E-state index is 14.3. The summed E-state index contributed by atoms with van der Waals surface area (Å²) in [5, 5.41) is 1.07. The number of benzene rings is 3. The second-order valence-corrected chi connectivity index (χ2v) is 9.04. The highest BCUT2D eigenvalue weighted by Gasteiger charge is 2.37. The first-order valence-corrected chi connectivity index (χ1v) is 11.2. The van der Waals surface area contributed by atoms with Crippen LogP contribution in [0.3, 0.4) is 0 Å². The Labute approximate surface area is 202 Å². The van der Waals surface area contributed by atoms with Crippen molar-refractivity contribution in [2.45, 2.75) is 20.0 Å². The van der Waals surface area contributed by atoms with Crippen LogP contribution in [0.4, 0.5) is 13.2 Å². The first-order chi connectivity index (χ1) is 16.5. The summed E-state index contributed by atoms with van der Waals surface area (Å²) in [6.45, 7) is 10.0. The zero-order valence-corrected chi connectivity index (χ0v) is 19.6. The van der Waals surface area contributed by atoms with E-state index in [0.29, 0.717) is 21.0 Å². The molecule has 4 nitrogen and oxygen atoms in total. The molecule has 0 saturated heterocycles. The molecule has 3 aromatic carbocycles. The summed E-state index contributed by atoms with van der Waals surface area (Å²) in [7, 11) is 0. The minimum absolute atomic E-state index is 0.00303. The molecule has 0 radical (unpaired) electrons. The average molecular weight is 497 g/mol. The number of thiophene rings is 1. The van der Waals surface area contributed by atoms with E-state index in [1.807, 2.05) is 0 Å². The second kappa shape index (κ2) is 9.03. The maximum absolute atomic E-state index is 14.3. The Balaban J connectivity index is 1.82. The zero-order chi connectivity index (χ0) is 25.5. The summed E-state index contributed by atoms with van der Waals surface area (Å²) in [4.78, 5) is 23.5. The molecule has 0 aliphatic heterocycles. The number of fused-ring (bicyclic) bond motifs is 3. The van der Waals surface area contributed by atoms with E-state index in [1.165, 1.54) is 44.2 Å². The summed E-state index contributed by atoms with van der Waals surface area (Å²) in [6, 6.07) is 13.6. The minimum atomic E-state index is -4.63. The molecule has 0 saturated carbocycles. The molecule has 0 aliphatic carbocycles. The highest BCUT2D eigenvalue weighted by atomic mass is 32.1. The van der Waals surface area contributed by atoms with Crippen LogP contribution in [0.1, 0.15) is 19.4 Å². The lowest BCUT2D eigenvalue weighted by Gasteiger charge is -2.15. The van der Waals surface area contributed by atoms with Gasteiger partial charge in [-0.3, -0.25) is 0 Å². The van der Waals surface area contributed by atoms with Gasteiger partial charge in [-0.05, 0) is 55.3 Å². The Kier molecular flexibility index (Phi) is 6.25. The van der Waals surface area contributed by atoms with E-state index < -0.39 is 23.7 Å². The summed E-state index contributed by atoms with van der Waals surface area (Å²) in [6.07, 6.45) is -4.63. The van der Waals surface area contributed by atoms with Crippen LogP contribution in [0.2, 0.25) is 0 Å². The highest BCUT2D eigenvalue weighted by Crippen LogP contribution is 2.47. The van der Waals surface area contributed by atoms with Crippen LogP contribution in [0.15, 0.2) is 78.9 Å². The molecule has 0 amide bonds. The fourth-order valence-corrected chi connectivity index (χ4v) is 4.80. The van der Waals surface area contributed by atoms with Crippen molar-refractivity contribution >= 4 is 43.4 Å². The van der Waals surface area contributed by atoms with Crippen LogP contribution >= 0.6 is 11.3 Å². The lowest BCUT2D eigenvalue weighted by Crippen LogP contribution is -2.08. The van der Waals surface area contributed by atoms with Crippen LogP contribution in [0.5, 0.6) is 11.5 Å². The number of carbonyl (C=O) groups excluding carboxylic acids is 2. The van der Waals surface area contributed by atoms with Crippen LogP contribution in [-0.2, 0) is 15.8 Å². The number of hydrogen-bond donors (Lipinski definition) is 0. The number of ether oxygens (including phenoxy) is 2. The molecule has 0 N–H and O–H groups in total. The maximum Gasteiger partial charge on any atom is 0.418 e. The van der Waals surface area contributed by atoms with Crippen LogP contribution in [0.25, 0.3) is 31.3 Å². The van der Waals surface area contributed by atoms with Gasteiger partial charge in [0.1, 0.15) is 11.5 Å². The van der Waals surface area contributed by atoms with Gasteiger partial charge in [-0.25, -0.2) is 9.59 Å². The van der Waals surface area contributed by atoms with Crippen molar-refractivity contribution < 1.29 is 32.2 Å². The molecule has 0 unspecified atom stereocenters. The Morgan fingerprint density at radius 3 is 1.91 bits per heavy atom. The lowest BCUT2D eigenvalue weighted by molar-refractivity contribution is -0.135. The lowest BCUT2D eigenvalue weighted by atomic mass is 9.97. The molecule has 0 atom stereocenters. The molecule has 35 heavy (non-hydrogen) atoms. The van der Waals surface area contributed by atoms with Crippen molar-refractivity contribution in [2.75, 3.05) is 0 Å². The second-order valence-electron chi connectivity index (χ2n) is 7.99. The third kappa shape index (κ3) is 4.83. The molecule has 0 fully saturated rings. The SMILES string of the molecule is C=C(C)C(=O)Oc1ccc(-c2ccc3c(sc4cc(OC(=O)C(=C)C)ccc43)c2C(F)(F)F)cc1. The van der Waals surface area contributed by atoms with Gasteiger partial charge in [-0.1, -0.05) is 37.4 Å². The van der Waals surface area contributed by atoms with Crippen molar-refractivity contribution in [3.8, 4) is 22.6 Å². The predicted molar refractivity (Wildman–Crippen MR) is 131 cm³/mol. The standard InChI is InChI=1S/C27H19F3O4S/c1-14(2)25(31)33-17-7-5-16(6-8-17)19-11-12-21-20-10-9-18(34-26(32)15(3)4)13-22(20)35-24(21)23(19)27(28,29)30/h5-13H,1,3H2,2,4H3. The number of carbonyl (C=O) groups is 2. The summed E-state index contributed by atoms with van der Waals surface area (Å²) >= 11 is 0.976. The van der Waals surface area contributed by atoms with Crippen LogP contribution < -0.4 is 9.47 Å². The van der Waals surface area contributed by atoms with Crippen molar-refractivity contribution in [1.29, 1.82) is 0 Å². The molecule has 4 aromatic rings. The van der Waals surface area contributed by atoms with E-state index in [0.717, 1.165) is 11.3 Å². The van der Waals surface area contributed by atoms with Crippen LogP contribution in [0, 0.1) is 0 Å². The number of rotatable bonds is 5. The molecule has 0 aliphatic rings. The number of esters is 2. The summed E-state index contributed by atoms with van der Waals surface area (Å²) in [5.74, 6) is -0.796. The molecule has 4 rings (SSSR count). The van der Waals surface area contributed by atoms with Crippen LogP contribution in [-0.4, -0.2) is 11.9 Å². The van der Waals surface area contributed by atoms with Gasteiger partial charge < -0.3 is 9.47 Å². The van der Waals surface area contributed by atoms with Gasteiger partial charge in [0.2, 0.25) is 0 Å². The molecule has 0 spiro atoms. The van der Waals surface area contributed by atoms with Gasteiger partial charge in [0.25, 0.3) is 0 Å². The highest BCUT2D eigenvalue weighted by molar-refractivity contribution is 7.26. The first-order valence-electron chi connectivity index (χ1n) is 10.4. The van der Waals surface area contributed by atoms with Gasteiger partial charge in [-0.15, -0.1) is 11.3 Å². The Morgan fingerprint density at radius 2 is 1.34 bits per heavy atom. The van der Waals surface area contributed by atoms with Crippen molar-refractivity contribution in [2.24, 2.45) is 0 Å². The molecule has 178 valence electrons. The Bertz CT molecular complexity index is 1510. The zero-order valence-electron chi connectivity index (χ0n) is 18.8. The van der Waals surface area contributed by atoms with Crippen molar-refractivity contribution in [1.82, 2.24) is 0 Å². The topological polar surface area (TPSA) is 52.6 Å². The smallest absolute Gasteiger partial charge is 0.418 e. The number of hydrogen-bond acceptors (Lipinski definition) is 5. The van der Waals surface area contributed by atoms with Gasteiger partial charge in [0, 0.05) is 31.3 Å². The molecular formula is C27H19F3O4S. The molecule has 0 bridgehead atoms. The van der Waals surface area contributed by atoms with Crippen molar-refractivity contribution in [3.63, 3.8) is 0 Å². The number of halogens is 3. The van der Waals surface area contributed by atoms with E-state index in [2.05, 4.69) is 13.2 Å². The molecule has 1 aromatic heterocycles. The van der Waals surface area contributed by atoms with Gasteiger partial charge in [-0.2, -0.15) is 13.2 Å². The normalized spacial score (nSPS) is 11.5. The number of alkyl halides is 3. The van der Waals surface area contributed by atoms with E-state index in [9.17, 15) is 22.8 Å². The third-order valence-corrected chi connectivity index (χ3v) is 6.37. The van der Waals surface area contributed by atoms with Gasteiger partial charge in [0.15, 0.2) is 0 Å². The monoisotopic (exact) mass is 496 g/mol. The quantitative estimate of drug-likeness (QED) is 0.161. The Morgan fingerprint density at radius 1 is 0.800 bits per heavy atom. The molecular weight excluding hydrogens is 477 g/mol. The van der Waals surface area contributed by atoms with E-state index in [4.69, 9.17) is 9.47 Å². The largest absolute Gasteiger partial charge is 0.423 e. The summed E-state index contributed by atoms with van der Waals surface area (Å²) < 4.78 is 53.9. The van der Waals surface area contributed by atoms with Gasteiger partial charge >= 0.3 is 18.1 Å². The molecule has 1 heterocycles. The fraction of sp³-hybridized carbons (Fsp3) is 0.111. The van der Waals surface area contributed by atoms with E-state index in [1.54, 1.807) is 24.3 Å². The summed E-state index contributed by atoms with van der Waals surface area (Å²) in [5.41, 5.74) is -0.0124. The molecule has 8 heteroatoms. The Hall–Kier alpha value is -3.91. The van der Waals surface area contributed by atoms with Crippen molar-refractivity contribution in [3.05, 3.63) is 84.5 Å². The van der Waals surface area contributed by atoms with E-state index >= 15 is 0 Å². The minimum Gasteiger partial charge on any atom is -0.423 e. The fourth-order valence-electron chi connectivity index (χ4n) is 3.50. The van der Waals surface area contributed by atoms with Gasteiger partial charge in [0.05, 0.1) is 5.56 Å². The first kappa shape index (κ1) is 24.2. The third-order valence-electron chi connectivity index (χ3n) is 5.18.